The van der Waals surface area contributed by atoms with Crippen LogP contribution >= 0.6 is 0 Å². The Morgan fingerprint density at radius 3 is 2.76 bits per heavy atom. The molecular formula is C31H49NO2. The maximum Gasteiger partial charge on any atom is 0.112 e. The highest BCUT2D eigenvalue weighted by Gasteiger charge is 2.64. The Hall–Kier alpha value is -1.58. The van der Waals surface area contributed by atoms with Gasteiger partial charge < -0.3 is 14.8 Å². The monoisotopic (exact) mass is 467 g/mol. The second-order valence-electron chi connectivity index (χ2n) is 11.7. The van der Waals surface area contributed by atoms with Gasteiger partial charge in [0.25, 0.3) is 0 Å². The fourth-order valence-corrected chi connectivity index (χ4v) is 6.89. The van der Waals surface area contributed by atoms with Crippen molar-refractivity contribution >= 4 is 0 Å². The molecule has 34 heavy (non-hydrogen) atoms. The first kappa shape index (κ1) is 27.0. The van der Waals surface area contributed by atoms with E-state index in [9.17, 15) is 0 Å². The molecule has 0 aromatic rings. The van der Waals surface area contributed by atoms with Crippen molar-refractivity contribution in [1.29, 1.82) is 0 Å². The van der Waals surface area contributed by atoms with Crippen molar-refractivity contribution in [2.45, 2.75) is 97.2 Å². The summed E-state index contributed by atoms with van der Waals surface area (Å²) < 4.78 is 12.5. The number of rotatable bonds is 12. The molecule has 3 heteroatoms. The van der Waals surface area contributed by atoms with Gasteiger partial charge in [0.05, 0.1) is 18.2 Å². The van der Waals surface area contributed by atoms with E-state index in [1.807, 2.05) is 13.2 Å². The third-order valence-corrected chi connectivity index (χ3v) is 9.05. The molecule has 0 saturated carbocycles. The minimum Gasteiger partial charge on any atom is -0.494 e. The summed E-state index contributed by atoms with van der Waals surface area (Å²) in [7, 11) is 1.87. The summed E-state index contributed by atoms with van der Waals surface area (Å²) in [4.78, 5) is 0. The SMILES string of the molecule is C=C/C=C/C(CCC/C(C)=C/C(=C)OCC12CCC(C)=CC1CC1CC(OC)C2(C)N1)C(C)C. The summed E-state index contributed by atoms with van der Waals surface area (Å²) in [6.45, 7) is 20.2. The lowest BCUT2D eigenvalue weighted by molar-refractivity contribution is -0.0923. The Labute approximate surface area is 209 Å². The minimum absolute atomic E-state index is 0.0346. The van der Waals surface area contributed by atoms with E-state index in [1.54, 1.807) is 0 Å². The molecule has 3 aliphatic rings. The number of ether oxygens (including phenoxy) is 2. The van der Waals surface area contributed by atoms with E-state index in [0.29, 0.717) is 30.4 Å². The van der Waals surface area contributed by atoms with Crippen molar-refractivity contribution in [1.82, 2.24) is 5.32 Å². The first-order valence-electron chi connectivity index (χ1n) is 13.4. The number of piperidine rings is 1. The van der Waals surface area contributed by atoms with Gasteiger partial charge in [-0.25, -0.2) is 0 Å². The molecule has 2 fully saturated rings. The fourth-order valence-electron chi connectivity index (χ4n) is 6.89. The van der Waals surface area contributed by atoms with Crippen molar-refractivity contribution in [3.05, 3.63) is 60.4 Å². The van der Waals surface area contributed by atoms with Crippen LogP contribution in [0.2, 0.25) is 0 Å². The van der Waals surface area contributed by atoms with Crippen LogP contribution in [-0.2, 0) is 9.47 Å². The molecule has 190 valence electrons. The van der Waals surface area contributed by atoms with Crippen LogP contribution in [0.5, 0.6) is 0 Å². The Morgan fingerprint density at radius 2 is 2.09 bits per heavy atom. The molecule has 3 rings (SSSR count). The molecule has 2 saturated heterocycles. The second-order valence-corrected chi connectivity index (χ2v) is 11.7. The molecular weight excluding hydrogens is 418 g/mol. The summed E-state index contributed by atoms with van der Waals surface area (Å²) in [6, 6.07) is 0.538. The largest absolute Gasteiger partial charge is 0.494 e. The topological polar surface area (TPSA) is 30.5 Å². The molecule has 0 aromatic carbocycles. The van der Waals surface area contributed by atoms with Gasteiger partial charge in [-0.05, 0) is 89.5 Å². The van der Waals surface area contributed by atoms with Gasteiger partial charge in [-0.15, -0.1) is 0 Å². The van der Waals surface area contributed by atoms with Crippen molar-refractivity contribution in [3.8, 4) is 0 Å². The molecule has 2 heterocycles. The van der Waals surface area contributed by atoms with E-state index in [4.69, 9.17) is 9.47 Å². The molecule has 1 N–H and O–H groups in total. The van der Waals surface area contributed by atoms with Crippen molar-refractivity contribution in [3.63, 3.8) is 0 Å². The van der Waals surface area contributed by atoms with E-state index in [1.165, 1.54) is 30.4 Å². The summed E-state index contributed by atoms with van der Waals surface area (Å²) in [5, 5.41) is 3.96. The van der Waals surface area contributed by atoms with E-state index in [2.05, 4.69) is 77.4 Å². The molecule has 0 aromatic heterocycles. The number of methoxy groups -OCH3 is 1. The van der Waals surface area contributed by atoms with Gasteiger partial charge in [-0.2, -0.15) is 0 Å². The van der Waals surface area contributed by atoms with Gasteiger partial charge in [-0.3, -0.25) is 0 Å². The van der Waals surface area contributed by atoms with Crippen LogP contribution in [0.15, 0.2) is 60.4 Å². The van der Waals surface area contributed by atoms with Gasteiger partial charge in [0.1, 0.15) is 5.76 Å². The highest BCUT2D eigenvalue weighted by atomic mass is 16.5. The number of hydrogen-bond donors (Lipinski definition) is 1. The molecule has 3 nitrogen and oxygen atoms in total. The lowest BCUT2D eigenvalue weighted by Gasteiger charge is -2.57. The molecule has 0 spiro atoms. The van der Waals surface area contributed by atoms with Crippen molar-refractivity contribution in [2.24, 2.45) is 23.2 Å². The predicted octanol–water partition coefficient (Wildman–Crippen LogP) is 7.53. The van der Waals surface area contributed by atoms with E-state index >= 15 is 0 Å². The van der Waals surface area contributed by atoms with Crippen LogP contribution in [0.1, 0.15) is 79.6 Å². The third-order valence-electron chi connectivity index (χ3n) is 9.05. The maximum atomic E-state index is 6.46. The van der Waals surface area contributed by atoms with Gasteiger partial charge in [-0.1, -0.05) is 62.5 Å². The van der Waals surface area contributed by atoms with Crippen molar-refractivity contribution in [2.75, 3.05) is 13.7 Å². The van der Waals surface area contributed by atoms with E-state index in [-0.39, 0.29) is 17.1 Å². The van der Waals surface area contributed by atoms with Gasteiger partial charge in [0.15, 0.2) is 0 Å². The van der Waals surface area contributed by atoms with E-state index < -0.39 is 0 Å². The first-order valence-corrected chi connectivity index (χ1v) is 13.4. The molecule has 2 aliphatic heterocycles. The predicted molar refractivity (Wildman–Crippen MR) is 145 cm³/mol. The summed E-state index contributed by atoms with van der Waals surface area (Å²) in [6.07, 6.45) is 19.2. The molecule has 6 unspecified atom stereocenters. The minimum atomic E-state index is -0.0730. The normalized spacial score (nSPS) is 34.1. The average molecular weight is 468 g/mol. The molecule has 0 radical (unpaired) electrons. The summed E-state index contributed by atoms with van der Waals surface area (Å²) in [5.74, 6) is 2.58. The van der Waals surface area contributed by atoms with Gasteiger partial charge in [0, 0.05) is 18.6 Å². The van der Waals surface area contributed by atoms with Crippen LogP contribution in [0.25, 0.3) is 0 Å². The lowest BCUT2D eigenvalue weighted by atomic mass is 9.55. The Bertz CT molecular complexity index is 821. The quantitative estimate of drug-likeness (QED) is 0.183. The van der Waals surface area contributed by atoms with Crippen LogP contribution in [-0.4, -0.2) is 31.4 Å². The zero-order chi connectivity index (χ0) is 24.9. The molecule has 2 bridgehead atoms. The molecule has 0 amide bonds. The Morgan fingerprint density at radius 1 is 1.32 bits per heavy atom. The van der Waals surface area contributed by atoms with Gasteiger partial charge >= 0.3 is 0 Å². The molecule has 6 atom stereocenters. The highest BCUT2D eigenvalue weighted by Crippen LogP contribution is 2.58. The second kappa shape index (κ2) is 11.4. The molecule has 1 aliphatic carbocycles. The summed E-state index contributed by atoms with van der Waals surface area (Å²) >= 11 is 0. The standard InChI is InChI=1S/C31H49NO2/c1-9-10-13-26(22(2)3)14-11-12-23(4)17-25(6)34-21-31-16-15-24(5)18-27(31)19-28-20-29(33-8)30(31,7)32-28/h9-10,13,17-18,22,26-29,32H,1,6,11-12,14-16,19-21H2,2-5,7-8H3/b13-10+,23-17+. The van der Waals surface area contributed by atoms with Crippen LogP contribution < -0.4 is 5.32 Å². The lowest BCUT2D eigenvalue weighted by Crippen LogP contribution is -2.67. The fraction of sp³-hybridized carbons (Fsp3) is 0.677. The maximum absolute atomic E-state index is 6.46. The smallest absolute Gasteiger partial charge is 0.112 e. The average Bonchev–Trinajstić information content (AvgIpc) is 3.07. The van der Waals surface area contributed by atoms with Gasteiger partial charge in [0.2, 0.25) is 0 Å². The highest BCUT2D eigenvalue weighted by molar-refractivity contribution is 5.26. The van der Waals surface area contributed by atoms with Crippen LogP contribution in [0, 0.1) is 23.2 Å². The van der Waals surface area contributed by atoms with Crippen LogP contribution in [0.3, 0.4) is 0 Å². The first-order chi connectivity index (χ1) is 16.1. The zero-order valence-corrected chi connectivity index (χ0v) is 22.7. The third kappa shape index (κ3) is 5.62. The number of nitrogens with one attached hydrogen (secondary N) is 1. The Kier molecular flexibility index (Phi) is 9.09. The zero-order valence-electron chi connectivity index (χ0n) is 22.7. The Balaban J connectivity index is 1.62. The van der Waals surface area contributed by atoms with E-state index in [0.717, 1.165) is 31.4 Å². The number of allylic oxidation sites excluding steroid dienone is 7. The van der Waals surface area contributed by atoms with Crippen molar-refractivity contribution < 1.29 is 9.47 Å². The number of fused-ring (bicyclic) bond motifs is 4. The number of hydrogen-bond acceptors (Lipinski definition) is 3. The van der Waals surface area contributed by atoms with Crippen LogP contribution in [0.4, 0.5) is 0 Å². The summed E-state index contributed by atoms with van der Waals surface area (Å²) in [5.41, 5.74) is 2.83.